The highest BCUT2D eigenvalue weighted by molar-refractivity contribution is 5.69. The molecule has 2 heteroatoms. The van der Waals surface area contributed by atoms with Crippen molar-refractivity contribution in [3.05, 3.63) is 42.0 Å². The van der Waals surface area contributed by atoms with Crippen LogP contribution in [0.2, 0.25) is 0 Å². The molecule has 0 amide bonds. The molecule has 164 valence electrons. The third-order valence-electron chi connectivity index (χ3n) is 5.59. The van der Waals surface area contributed by atoms with Gasteiger partial charge in [-0.25, -0.2) is 0 Å². The van der Waals surface area contributed by atoms with Gasteiger partial charge in [0, 0.05) is 6.42 Å². The molecule has 1 aromatic carbocycles. The SMILES string of the molecule is C=Cc1ccc(CCC(=O)OCCCCCCCCCCCCCCCC)cc1. The van der Waals surface area contributed by atoms with Crippen molar-refractivity contribution in [3.63, 3.8) is 0 Å². The van der Waals surface area contributed by atoms with Crippen LogP contribution >= 0.6 is 0 Å². The first kappa shape index (κ1) is 25.5. The summed E-state index contributed by atoms with van der Waals surface area (Å²) in [6, 6.07) is 8.17. The average Bonchev–Trinajstić information content (AvgIpc) is 2.75. The molecule has 0 saturated heterocycles. The Bertz CT molecular complexity index is 518. The summed E-state index contributed by atoms with van der Waals surface area (Å²) in [5.41, 5.74) is 2.28. The van der Waals surface area contributed by atoms with Crippen LogP contribution < -0.4 is 0 Å². The number of carbonyl (C=O) groups excluding carboxylic acids is 1. The Kier molecular flexibility index (Phi) is 16.2. The standard InChI is InChI=1S/C27H44O2/c1-3-5-6-7-8-9-10-11-12-13-14-15-16-17-24-29-27(28)23-22-26-20-18-25(4-2)19-21-26/h4,18-21H,2-3,5-17,22-24H2,1H3. The summed E-state index contributed by atoms with van der Waals surface area (Å²) in [4.78, 5) is 11.8. The third-order valence-corrected chi connectivity index (χ3v) is 5.59. The molecule has 0 aliphatic rings. The number of aryl methyl sites for hydroxylation is 1. The Balaban J connectivity index is 1.83. The van der Waals surface area contributed by atoms with Crippen molar-refractivity contribution in [2.24, 2.45) is 0 Å². The highest BCUT2D eigenvalue weighted by atomic mass is 16.5. The summed E-state index contributed by atoms with van der Waals surface area (Å²) in [6.45, 7) is 6.60. The lowest BCUT2D eigenvalue weighted by Gasteiger charge is -2.06. The molecule has 0 N–H and O–H groups in total. The van der Waals surface area contributed by atoms with E-state index in [1.54, 1.807) is 0 Å². The number of esters is 1. The minimum atomic E-state index is -0.0764. The number of unbranched alkanes of at least 4 members (excludes halogenated alkanes) is 13. The van der Waals surface area contributed by atoms with Crippen molar-refractivity contribution in [1.82, 2.24) is 0 Å². The van der Waals surface area contributed by atoms with Crippen molar-refractivity contribution in [2.75, 3.05) is 6.61 Å². The highest BCUT2D eigenvalue weighted by Crippen LogP contribution is 2.13. The summed E-state index contributed by atoms with van der Waals surface area (Å²) in [5, 5.41) is 0. The van der Waals surface area contributed by atoms with Gasteiger partial charge in [0.15, 0.2) is 0 Å². The summed E-state index contributed by atoms with van der Waals surface area (Å²) in [5.74, 6) is -0.0764. The van der Waals surface area contributed by atoms with Gasteiger partial charge < -0.3 is 4.74 Å². The molecule has 0 aromatic heterocycles. The smallest absolute Gasteiger partial charge is 0.306 e. The number of rotatable bonds is 19. The zero-order valence-electron chi connectivity index (χ0n) is 18.9. The Hall–Kier alpha value is -1.57. The Morgan fingerprint density at radius 2 is 1.28 bits per heavy atom. The summed E-state index contributed by atoms with van der Waals surface area (Å²) in [6.07, 6.45) is 21.8. The van der Waals surface area contributed by atoms with Crippen LogP contribution in [0.15, 0.2) is 30.8 Å². The van der Waals surface area contributed by atoms with E-state index in [2.05, 4.69) is 25.6 Å². The number of carbonyl (C=O) groups is 1. The maximum Gasteiger partial charge on any atom is 0.306 e. The highest BCUT2D eigenvalue weighted by Gasteiger charge is 2.03. The predicted octanol–water partition coefficient (Wildman–Crippen LogP) is 8.29. The molecule has 0 spiro atoms. The minimum Gasteiger partial charge on any atom is -0.466 e. The van der Waals surface area contributed by atoms with Crippen LogP contribution in [0.1, 0.15) is 114 Å². The van der Waals surface area contributed by atoms with Crippen LogP contribution in [-0.4, -0.2) is 12.6 Å². The van der Waals surface area contributed by atoms with Crippen molar-refractivity contribution in [3.8, 4) is 0 Å². The molecule has 29 heavy (non-hydrogen) atoms. The van der Waals surface area contributed by atoms with E-state index in [0.717, 1.165) is 18.4 Å². The third kappa shape index (κ3) is 15.0. The first-order chi connectivity index (χ1) is 14.3. The molecule has 1 rings (SSSR count). The van der Waals surface area contributed by atoms with Gasteiger partial charge in [-0.3, -0.25) is 4.79 Å². The Morgan fingerprint density at radius 3 is 1.76 bits per heavy atom. The van der Waals surface area contributed by atoms with Gasteiger partial charge in [-0.2, -0.15) is 0 Å². The van der Waals surface area contributed by atoms with Crippen LogP contribution in [0, 0.1) is 0 Å². The zero-order chi connectivity index (χ0) is 21.0. The van der Waals surface area contributed by atoms with E-state index in [0.29, 0.717) is 13.0 Å². The van der Waals surface area contributed by atoms with Crippen LogP contribution in [0.3, 0.4) is 0 Å². The van der Waals surface area contributed by atoms with Gasteiger partial charge >= 0.3 is 5.97 Å². The normalized spacial score (nSPS) is 10.8. The molecule has 0 aliphatic heterocycles. The van der Waals surface area contributed by atoms with Crippen molar-refractivity contribution in [1.29, 1.82) is 0 Å². The summed E-state index contributed by atoms with van der Waals surface area (Å²) in [7, 11) is 0. The number of benzene rings is 1. The summed E-state index contributed by atoms with van der Waals surface area (Å²) < 4.78 is 5.36. The lowest BCUT2D eigenvalue weighted by Crippen LogP contribution is -2.07. The zero-order valence-corrected chi connectivity index (χ0v) is 18.9. The fraction of sp³-hybridized carbons (Fsp3) is 0.667. The van der Waals surface area contributed by atoms with Crippen LogP contribution in [0.4, 0.5) is 0 Å². The topological polar surface area (TPSA) is 26.3 Å². The minimum absolute atomic E-state index is 0.0764. The molecule has 1 aromatic rings. The molecule has 0 heterocycles. The average molecular weight is 401 g/mol. The number of hydrogen-bond donors (Lipinski definition) is 0. The second-order valence-electron chi connectivity index (χ2n) is 8.26. The van der Waals surface area contributed by atoms with Crippen LogP contribution in [0.5, 0.6) is 0 Å². The lowest BCUT2D eigenvalue weighted by atomic mass is 10.0. The first-order valence-corrected chi connectivity index (χ1v) is 12.1. The quantitative estimate of drug-likeness (QED) is 0.172. The van der Waals surface area contributed by atoms with E-state index in [9.17, 15) is 4.79 Å². The van der Waals surface area contributed by atoms with Crippen LogP contribution in [0.25, 0.3) is 6.08 Å². The van der Waals surface area contributed by atoms with E-state index in [4.69, 9.17) is 4.74 Å². The van der Waals surface area contributed by atoms with Gasteiger partial charge in [0.05, 0.1) is 6.61 Å². The molecule has 0 saturated carbocycles. The lowest BCUT2D eigenvalue weighted by molar-refractivity contribution is -0.143. The summed E-state index contributed by atoms with van der Waals surface area (Å²) >= 11 is 0. The van der Waals surface area contributed by atoms with Gasteiger partial charge in [0.1, 0.15) is 0 Å². The fourth-order valence-corrected chi connectivity index (χ4v) is 3.62. The van der Waals surface area contributed by atoms with E-state index in [-0.39, 0.29) is 5.97 Å². The van der Waals surface area contributed by atoms with Crippen LogP contribution in [-0.2, 0) is 16.0 Å². The first-order valence-electron chi connectivity index (χ1n) is 12.1. The predicted molar refractivity (Wildman–Crippen MR) is 126 cm³/mol. The van der Waals surface area contributed by atoms with E-state index < -0.39 is 0 Å². The molecular formula is C27H44O2. The molecule has 0 bridgehead atoms. The largest absolute Gasteiger partial charge is 0.466 e. The van der Waals surface area contributed by atoms with Gasteiger partial charge in [0.2, 0.25) is 0 Å². The molecule has 0 atom stereocenters. The van der Waals surface area contributed by atoms with Crippen molar-refractivity contribution in [2.45, 2.75) is 110 Å². The van der Waals surface area contributed by atoms with E-state index in [1.807, 2.05) is 18.2 Å². The Morgan fingerprint density at radius 1 is 0.793 bits per heavy atom. The molecule has 0 unspecified atom stereocenters. The molecular weight excluding hydrogens is 356 g/mol. The Labute approximate surface area is 180 Å². The second-order valence-corrected chi connectivity index (χ2v) is 8.26. The second kappa shape index (κ2) is 18.5. The van der Waals surface area contributed by atoms with Gasteiger partial charge in [-0.05, 0) is 24.0 Å². The molecule has 2 nitrogen and oxygen atoms in total. The van der Waals surface area contributed by atoms with Gasteiger partial charge in [0.25, 0.3) is 0 Å². The fourth-order valence-electron chi connectivity index (χ4n) is 3.62. The number of hydrogen-bond acceptors (Lipinski definition) is 2. The monoisotopic (exact) mass is 400 g/mol. The van der Waals surface area contributed by atoms with E-state index >= 15 is 0 Å². The molecule has 0 radical (unpaired) electrons. The van der Waals surface area contributed by atoms with Crippen molar-refractivity contribution >= 4 is 12.0 Å². The maximum atomic E-state index is 11.8. The number of ether oxygens (including phenoxy) is 1. The maximum absolute atomic E-state index is 11.8. The molecule has 0 aliphatic carbocycles. The molecule has 0 fully saturated rings. The van der Waals surface area contributed by atoms with Gasteiger partial charge in [-0.15, -0.1) is 0 Å². The van der Waals surface area contributed by atoms with Gasteiger partial charge in [-0.1, -0.05) is 127 Å². The van der Waals surface area contributed by atoms with E-state index in [1.165, 1.54) is 89.0 Å². The van der Waals surface area contributed by atoms with Crippen molar-refractivity contribution < 1.29 is 9.53 Å².